The van der Waals surface area contributed by atoms with Gasteiger partial charge in [-0.2, -0.15) is 4.68 Å². The SMILES string of the molecule is COc1ccc(-n2nnnc2CNC(=O)Nc2cccc(OC)c2OC)cc1. The second-order valence-electron chi connectivity index (χ2n) is 5.55. The van der Waals surface area contributed by atoms with Crippen molar-refractivity contribution in [2.24, 2.45) is 0 Å². The van der Waals surface area contributed by atoms with Gasteiger partial charge < -0.3 is 24.8 Å². The Labute approximate surface area is 161 Å². The lowest BCUT2D eigenvalue weighted by molar-refractivity contribution is 0.251. The lowest BCUT2D eigenvalue weighted by atomic mass is 10.2. The molecule has 1 heterocycles. The molecule has 2 aromatic carbocycles. The predicted molar refractivity (Wildman–Crippen MR) is 101 cm³/mol. The fourth-order valence-electron chi connectivity index (χ4n) is 2.55. The Kier molecular flexibility index (Phi) is 5.90. The average molecular weight is 384 g/mol. The summed E-state index contributed by atoms with van der Waals surface area (Å²) in [6.45, 7) is 0.122. The molecule has 0 saturated heterocycles. The number of urea groups is 1. The Morgan fingerprint density at radius 3 is 2.50 bits per heavy atom. The van der Waals surface area contributed by atoms with Gasteiger partial charge in [0.25, 0.3) is 0 Å². The maximum absolute atomic E-state index is 12.3. The quantitative estimate of drug-likeness (QED) is 0.641. The Balaban J connectivity index is 1.67. The number of amides is 2. The van der Waals surface area contributed by atoms with Gasteiger partial charge in [-0.15, -0.1) is 5.10 Å². The van der Waals surface area contributed by atoms with Gasteiger partial charge in [-0.25, -0.2) is 4.79 Å². The summed E-state index contributed by atoms with van der Waals surface area (Å²) >= 11 is 0. The molecule has 0 aliphatic carbocycles. The highest BCUT2D eigenvalue weighted by molar-refractivity contribution is 5.91. The second-order valence-corrected chi connectivity index (χ2v) is 5.55. The number of aromatic nitrogens is 4. The minimum absolute atomic E-state index is 0.122. The van der Waals surface area contributed by atoms with Crippen LogP contribution < -0.4 is 24.8 Å². The zero-order valence-corrected chi connectivity index (χ0v) is 15.7. The van der Waals surface area contributed by atoms with Crippen molar-refractivity contribution in [1.82, 2.24) is 25.5 Å². The summed E-state index contributed by atoms with van der Waals surface area (Å²) in [5.74, 6) is 2.15. The molecule has 3 aromatic rings. The van der Waals surface area contributed by atoms with Crippen LogP contribution in [0.5, 0.6) is 17.2 Å². The fraction of sp³-hybridized carbons (Fsp3) is 0.222. The van der Waals surface area contributed by atoms with Crippen molar-refractivity contribution in [2.75, 3.05) is 26.6 Å². The third-order valence-corrected chi connectivity index (χ3v) is 3.91. The number of hydrogen-bond donors (Lipinski definition) is 2. The first-order chi connectivity index (χ1) is 13.7. The topological polar surface area (TPSA) is 112 Å². The van der Waals surface area contributed by atoms with Gasteiger partial charge in [0.15, 0.2) is 17.3 Å². The van der Waals surface area contributed by atoms with Crippen LogP contribution in [0.2, 0.25) is 0 Å². The van der Waals surface area contributed by atoms with E-state index < -0.39 is 6.03 Å². The van der Waals surface area contributed by atoms with Crippen LogP contribution in [-0.4, -0.2) is 47.6 Å². The van der Waals surface area contributed by atoms with Crippen LogP contribution in [0, 0.1) is 0 Å². The fourth-order valence-corrected chi connectivity index (χ4v) is 2.55. The molecule has 10 heteroatoms. The Morgan fingerprint density at radius 2 is 1.82 bits per heavy atom. The Hall–Kier alpha value is -3.82. The third-order valence-electron chi connectivity index (χ3n) is 3.91. The standard InChI is InChI=1S/C18H20N6O4/c1-26-13-9-7-12(8-10-13)24-16(21-22-23-24)11-19-18(25)20-14-5-4-6-15(27-2)17(14)28-3/h4-10H,11H2,1-3H3,(H2,19,20,25). The van der Waals surface area contributed by atoms with Crippen molar-refractivity contribution >= 4 is 11.7 Å². The summed E-state index contributed by atoms with van der Waals surface area (Å²) in [6, 6.07) is 12.0. The number of hydrogen-bond acceptors (Lipinski definition) is 7. The minimum Gasteiger partial charge on any atom is -0.497 e. The number of tetrazole rings is 1. The van der Waals surface area contributed by atoms with Gasteiger partial charge in [-0.3, -0.25) is 0 Å². The van der Waals surface area contributed by atoms with Crippen molar-refractivity contribution in [2.45, 2.75) is 6.54 Å². The molecule has 28 heavy (non-hydrogen) atoms. The highest BCUT2D eigenvalue weighted by atomic mass is 16.5. The molecule has 0 atom stereocenters. The van der Waals surface area contributed by atoms with Crippen molar-refractivity contribution in [3.05, 3.63) is 48.3 Å². The molecule has 0 saturated carbocycles. The first-order valence-electron chi connectivity index (χ1n) is 8.33. The monoisotopic (exact) mass is 384 g/mol. The summed E-state index contributed by atoms with van der Waals surface area (Å²) in [7, 11) is 4.63. The van der Waals surface area contributed by atoms with Gasteiger partial charge in [0.1, 0.15) is 5.75 Å². The summed E-state index contributed by atoms with van der Waals surface area (Å²) in [5.41, 5.74) is 1.23. The molecule has 0 fully saturated rings. The zero-order valence-electron chi connectivity index (χ0n) is 15.7. The minimum atomic E-state index is -0.434. The first-order valence-corrected chi connectivity index (χ1v) is 8.33. The lowest BCUT2D eigenvalue weighted by Crippen LogP contribution is -2.29. The van der Waals surface area contributed by atoms with E-state index in [-0.39, 0.29) is 6.54 Å². The molecular formula is C18H20N6O4. The Morgan fingerprint density at radius 1 is 1.04 bits per heavy atom. The molecule has 146 valence electrons. The highest BCUT2D eigenvalue weighted by Gasteiger charge is 2.14. The predicted octanol–water partition coefficient (Wildman–Crippen LogP) is 2.01. The van der Waals surface area contributed by atoms with Gasteiger partial charge in [0, 0.05) is 0 Å². The molecule has 1 aromatic heterocycles. The molecule has 2 N–H and O–H groups in total. The number of carbonyl (C=O) groups excluding carboxylic acids is 1. The van der Waals surface area contributed by atoms with Crippen molar-refractivity contribution in [3.8, 4) is 22.9 Å². The molecular weight excluding hydrogens is 364 g/mol. The zero-order chi connectivity index (χ0) is 19.9. The second kappa shape index (κ2) is 8.71. The number of nitrogens with one attached hydrogen (secondary N) is 2. The van der Waals surface area contributed by atoms with Gasteiger partial charge in [0.05, 0.1) is 39.2 Å². The van der Waals surface area contributed by atoms with Crippen LogP contribution in [0.3, 0.4) is 0 Å². The largest absolute Gasteiger partial charge is 0.497 e. The van der Waals surface area contributed by atoms with Gasteiger partial charge in [-0.1, -0.05) is 6.07 Å². The van der Waals surface area contributed by atoms with Crippen LogP contribution >= 0.6 is 0 Å². The van der Waals surface area contributed by atoms with E-state index in [0.717, 1.165) is 11.4 Å². The number of rotatable bonds is 7. The smallest absolute Gasteiger partial charge is 0.319 e. The summed E-state index contributed by atoms with van der Waals surface area (Å²) in [6.07, 6.45) is 0. The number of carbonyl (C=O) groups is 1. The van der Waals surface area contributed by atoms with E-state index in [4.69, 9.17) is 14.2 Å². The van der Waals surface area contributed by atoms with Crippen LogP contribution in [0.15, 0.2) is 42.5 Å². The van der Waals surface area contributed by atoms with Crippen molar-refractivity contribution in [1.29, 1.82) is 0 Å². The molecule has 0 bridgehead atoms. The third kappa shape index (κ3) is 4.11. The van der Waals surface area contributed by atoms with E-state index in [9.17, 15) is 4.79 Å². The molecule has 0 aliphatic heterocycles. The number of anilines is 1. The molecule has 0 unspecified atom stereocenters. The summed E-state index contributed by atoms with van der Waals surface area (Å²) in [4.78, 5) is 12.3. The van der Waals surface area contributed by atoms with Crippen LogP contribution in [0.25, 0.3) is 5.69 Å². The van der Waals surface area contributed by atoms with Crippen molar-refractivity contribution < 1.29 is 19.0 Å². The number of methoxy groups -OCH3 is 3. The van der Waals surface area contributed by atoms with E-state index in [2.05, 4.69) is 26.2 Å². The number of nitrogens with zero attached hydrogens (tertiary/aromatic N) is 4. The maximum atomic E-state index is 12.3. The normalized spacial score (nSPS) is 10.2. The highest BCUT2D eigenvalue weighted by Crippen LogP contribution is 2.34. The van der Waals surface area contributed by atoms with E-state index in [1.165, 1.54) is 18.9 Å². The van der Waals surface area contributed by atoms with E-state index in [0.29, 0.717) is 23.0 Å². The summed E-state index contributed by atoms with van der Waals surface area (Å²) in [5, 5.41) is 17.0. The molecule has 0 aliphatic rings. The van der Waals surface area contributed by atoms with Gasteiger partial charge in [0.2, 0.25) is 0 Å². The Bertz CT molecular complexity index is 942. The van der Waals surface area contributed by atoms with Gasteiger partial charge >= 0.3 is 6.03 Å². The summed E-state index contributed by atoms with van der Waals surface area (Å²) < 4.78 is 17.2. The lowest BCUT2D eigenvalue weighted by Gasteiger charge is -2.13. The molecule has 3 rings (SSSR count). The van der Waals surface area contributed by atoms with Crippen LogP contribution in [-0.2, 0) is 6.54 Å². The van der Waals surface area contributed by atoms with Crippen LogP contribution in [0.1, 0.15) is 5.82 Å². The van der Waals surface area contributed by atoms with E-state index in [1.54, 1.807) is 37.4 Å². The number of para-hydroxylation sites is 1. The van der Waals surface area contributed by atoms with E-state index >= 15 is 0 Å². The number of ether oxygens (including phenoxy) is 3. The van der Waals surface area contributed by atoms with Gasteiger partial charge in [-0.05, 0) is 46.8 Å². The van der Waals surface area contributed by atoms with Crippen LogP contribution in [0.4, 0.5) is 10.5 Å². The maximum Gasteiger partial charge on any atom is 0.319 e. The average Bonchev–Trinajstić information content (AvgIpc) is 3.20. The molecule has 0 spiro atoms. The molecule has 2 amide bonds. The van der Waals surface area contributed by atoms with Crippen molar-refractivity contribution in [3.63, 3.8) is 0 Å². The first kappa shape index (κ1) is 19.0. The molecule has 10 nitrogen and oxygen atoms in total. The van der Waals surface area contributed by atoms with E-state index in [1.807, 2.05) is 12.1 Å². The number of benzene rings is 2. The molecule has 0 radical (unpaired) electrons.